The molecule has 0 bridgehead atoms. The monoisotopic (exact) mass is 795 g/mol. The summed E-state index contributed by atoms with van der Waals surface area (Å²) in [7, 11) is 1.42. The SMILES string of the molecule is CCCCCCCCCCCCCCCC(=O)OC[C@H](COP(=O)(O)OCC[N+](C)(C)C)OC(=O)CCCCCCCC(CCCCCCCCC)OO. The highest BCUT2D eigenvalue weighted by molar-refractivity contribution is 7.47. The van der Waals surface area contributed by atoms with Gasteiger partial charge in [0.25, 0.3) is 0 Å². The largest absolute Gasteiger partial charge is 0.472 e. The van der Waals surface area contributed by atoms with Gasteiger partial charge < -0.3 is 18.9 Å². The fourth-order valence-electron chi connectivity index (χ4n) is 6.30. The minimum absolute atomic E-state index is 0.0166. The predicted molar refractivity (Wildman–Crippen MR) is 218 cm³/mol. The number of carbonyl (C=O) groups is 2. The zero-order valence-corrected chi connectivity index (χ0v) is 36.4. The Morgan fingerprint density at radius 3 is 1.39 bits per heavy atom. The Bertz CT molecular complexity index is 916. The van der Waals surface area contributed by atoms with Crippen LogP contribution in [0.1, 0.15) is 200 Å². The van der Waals surface area contributed by atoms with Crippen molar-refractivity contribution in [3.8, 4) is 0 Å². The van der Waals surface area contributed by atoms with Gasteiger partial charge in [0.05, 0.1) is 33.9 Å². The molecule has 2 N–H and O–H groups in total. The van der Waals surface area contributed by atoms with Gasteiger partial charge in [-0.2, -0.15) is 0 Å². The first kappa shape index (κ1) is 52.9. The van der Waals surface area contributed by atoms with Gasteiger partial charge in [0.1, 0.15) is 19.8 Å². The highest BCUT2D eigenvalue weighted by Gasteiger charge is 2.27. The molecular formula is C42H85NO10P+. The van der Waals surface area contributed by atoms with Gasteiger partial charge in [-0.15, -0.1) is 0 Å². The summed E-state index contributed by atoms with van der Waals surface area (Å²) < 4.78 is 34.2. The van der Waals surface area contributed by atoms with Gasteiger partial charge in [0.15, 0.2) is 6.10 Å². The van der Waals surface area contributed by atoms with E-state index in [1.807, 2.05) is 21.1 Å². The molecule has 0 aliphatic carbocycles. The molecule has 0 amide bonds. The molecule has 12 heteroatoms. The van der Waals surface area contributed by atoms with E-state index >= 15 is 0 Å². The fourth-order valence-corrected chi connectivity index (χ4v) is 7.04. The van der Waals surface area contributed by atoms with E-state index in [4.69, 9.17) is 23.4 Å². The minimum atomic E-state index is -4.39. The number of quaternary nitrogens is 1. The molecule has 0 spiro atoms. The molecule has 3 atom stereocenters. The van der Waals surface area contributed by atoms with Crippen LogP contribution >= 0.6 is 7.82 Å². The van der Waals surface area contributed by atoms with Crippen molar-refractivity contribution in [3.63, 3.8) is 0 Å². The van der Waals surface area contributed by atoms with E-state index in [0.29, 0.717) is 17.4 Å². The van der Waals surface area contributed by atoms with E-state index in [2.05, 4.69) is 13.8 Å². The van der Waals surface area contributed by atoms with Crippen LogP contribution in [0.25, 0.3) is 0 Å². The second kappa shape index (κ2) is 36.3. The number of phosphoric acid groups is 1. The number of nitrogens with zero attached hydrogens (tertiary/aromatic N) is 1. The molecule has 54 heavy (non-hydrogen) atoms. The van der Waals surface area contributed by atoms with Crippen LogP contribution in [0.2, 0.25) is 0 Å². The first-order valence-electron chi connectivity index (χ1n) is 22.0. The van der Waals surface area contributed by atoms with Crippen molar-refractivity contribution >= 4 is 19.8 Å². The lowest BCUT2D eigenvalue weighted by molar-refractivity contribution is -0.870. The standard InChI is InChI=1S/C42H84NO10P/c1-6-8-10-12-14-15-16-17-18-19-21-25-29-33-41(44)49-37-40(38-51-54(47,48)50-36-35-43(3,4)5)52-42(45)34-30-26-22-24-28-32-39(53-46)31-27-23-20-13-11-9-7-2/h39-40H,6-38H2,1-5H3,(H-,46,47,48)/p+1/t39?,40-/m1/s1. The van der Waals surface area contributed by atoms with Crippen LogP contribution in [0.15, 0.2) is 0 Å². The number of phosphoric ester groups is 1. The summed E-state index contributed by atoms with van der Waals surface area (Å²) in [4.78, 5) is 40.1. The Morgan fingerprint density at radius 1 is 0.556 bits per heavy atom. The normalized spacial score (nSPS) is 14.1. The van der Waals surface area contributed by atoms with Gasteiger partial charge >= 0.3 is 19.8 Å². The quantitative estimate of drug-likeness (QED) is 0.0154. The molecule has 0 fully saturated rings. The molecule has 0 radical (unpaired) electrons. The third-order valence-corrected chi connectivity index (χ3v) is 10.8. The third kappa shape index (κ3) is 37.8. The van der Waals surface area contributed by atoms with Crippen molar-refractivity contribution in [2.45, 2.75) is 212 Å². The van der Waals surface area contributed by atoms with Crippen LogP contribution in [-0.4, -0.2) is 86.3 Å². The van der Waals surface area contributed by atoms with E-state index in [9.17, 15) is 24.3 Å². The number of hydrogen-bond acceptors (Lipinski definition) is 9. The summed E-state index contributed by atoms with van der Waals surface area (Å²) in [6.07, 6.45) is 29.8. The molecule has 0 aromatic carbocycles. The van der Waals surface area contributed by atoms with Gasteiger partial charge in [-0.1, -0.05) is 162 Å². The Kier molecular flexibility index (Phi) is 35.6. The van der Waals surface area contributed by atoms with Gasteiger partial charge in [0.2, 0.25) is 0 Å². The van der Waals surface area contributed by atoms with Crippen molar-refractivity contribution < 1.29 is 52.2 Å². The van der Waals surface area contributed by atoms with E-state index in [0.717, 1.165) is 64.2 Å². The maximum atomic E-state index is 12.7. The van der Waals surface area contributed by atoms with E-state index in [-0.39, 0.29) is 38.1 Å². The lowest BCUT2D eigenvalue weighted by atomic mass is 10.0. The molecule has 322 valence electrons. The average Bonchev–Trinajstić information content (AvgIpc) is 3.12. The summed E-state index contributed by atoms with van der Waals surface area (Å²) in [6, 6.07) is 0. The highest BCUT2D eigenvalue weighted by Crippen LogP contribution is 2.43. The predicted octanol–water partition coefficient (Wildman–Crippen LogP) is 11.5. The summed E-state index contributed by atoms with van der Waals surface area (Å²) in [5.41, 5.74) is 0. The second-order valence-electron chi connectivity index (χ2n) is 16.3. The van der Waals surface area contributed by atoms with Gasteiger partial charge in [-0.05, 0) is 25.7 Å². The van der Waals surface area contributed by atoms with Gasteiger partial charge in [0, 0.05) is 12.8 Å². The fraction of sp³-hybridized carbons (Fsp3) is 0.952. The van der Waals surface area contributed by atoms with Crippen LogP contribution in [0.5, 0.6) is 0 Å². The maximum Gasteiger partial charge on any atom is 0.472 e. The van der Waals surface area contributed by atoms with Crippen LogP contribution < -0.4 is 0 Å². The average molecular weight is 795 g/mol. The van der Waals surface area contributed by atoms with Crippen molar-refractivity contribution in [3.05, 3.63) is 0 Å². The lowest BCUT2D eigenvalue weighted by Crippen LogP contribution is -2.37. The first-order chi connectivity index (χ1) is 25.9. The molecule has 0 aromatic heterocycles. The number of likely N-dealkylation sites (N-methyl/N-ethyl adjacent to an activating group) is 1. The number of hydrogen-bond donors (Lipinski definition) is 2. The molecule has 2 unspecified atom stereocenters. The molecule has 0 aliphatic heterocycles. The molecule has 0 saturated heterocycles. The Balaban J connectivity index is 4.45. The highest BCUT2D eigenvalue weighted by atomic mass is 31.2. The smallest absolute Gasteiger partial charge is 0.462 e. The third-order valence-electron chi connectivity index (χ3n) is 9.84. The number of rotatable bonds is 41. The van der Waals surface area contributed by atoms with Gasteiger partial charge in [-0.25, -0.2) is 9.45 Å². The van der Waals surface area contributed by atoms with Crippen molar-refractivity contribution in [1.82, 2.24) is 0 Å². The molecule has 0 heterocycles. The van der Waals surface area contributed by atoms with E-state index in [1.165, 1.54) is 103 Å². The minimum Gasteiger partial charge on any atom is -0.462 e. The zero-order chi connectivity index (χ0) is 40.2. The zero-order valence-electron chi connectivity index (χ0n) is 35.5. The molecule has 0 rings (SSSR count). The van der Waals surface area contributed by atoms with Crippen LogP contribution in [0.4, 0.5) is 0 Å². The summed E-state index contributed by atoms with van der Waals surface area (Å²) in [6.45, 7) is 4.30. The summed E-state index contributed by atoms with van der Waals surface area (Å²) in [5.74, 6) is -0.861. The number of unbranched alkanes of at least 4 members (excludes halogenated alkanes) is 22. The van der Waals surface area contributed by atoms with Crippen molar-refractivity contribution in [2.75, 3.05) is 47.5 Å². The van der Waals surface area contributed by atoms with Crippen molar-refractivity contribution in [2.24, 2.45) is 0 Å². The lowest BCUT2D eigenvalue weighted by Gasteiger charge is -2.24. The molecule has 0 aliphatic rings. The molecule has 0 saturated carbocycles. The van der Waals surface area contributed by atoms with E-state index in [1.54, 1.807) is 0 Å². The maximum absolute atomic E-state index is 12.7. The van der Waals surface area contributed by atoms with Crippen LogP contribution in [-0.2, 0) is 37.6 Å². The summed E-state index contributed by atoms with van der Waals surface area (Å²) in [5, 5.41) is 9.28. The Morgan fingerprint density at radius 2 is 0.963 bits per heavy atom. The molecule has 11 nitrogen and oxygen atoms in total. The number of esters is 2. The Labute approximate surface area is 331 Å². The van der Waals surface area contributed by atoms with Crippen LogP contribution in [0.3, 0.4) is 0 Å². The first-order valence-corrected chi connectivity index (χ1v) is 23.5. The number of ether oxygens (including phenoxy) is 2. The molecule has 0 aromatic rings. The molecular weight excluding hydrogens is 709 g/mol. The number of carbonyl (C=O) groups excluding carboxylic acids is 2. The second-order valence-corrected chi connectivity index (χ2v) is 17.8. The topological polar surface area (TPSA) is 138 Å². The van der Waals surface area contributed by atoms with Gasteiger partial charge in [-0.3, -0.25) is 23.9 Å². The van der Waals surface area contributed by atoms with Crippen LogP contribution in [0, 0.1) is 0 Å². The summed E-state index contributed by atoms with van der Waals surface area (Å²) >= 11 is 0. The van der Waals surface area contributed by atoms with E-state index < -0.39 is 26.5 Å². The Hall–Kier alpha value is -1.07. The van der Waals surface area contributed by atoms with Crippen molar-refractivity contribution in [1.29, 1.82) is 0 Å².